The summed E-state index contributed by atoms with van der Waals surface area (Å²) >= 11 is 6.00. The number of anilines is 3. The molecule has 4 rings (SSSR count). The van der Waals surface area contributed by atoms with Gasteiger partial charge in [0.1, 0.15) is 10.7 Å². The van der Waals surface area contributed by atoms with Crippen LogP contribution in [0.2, 0.25) is 5.02 Å². The van der Waals surface area contributed by atoms with Crippen molar-refractivity contribution in [3.05, 3.63) is 77.4 Å². The molecule has 1 aromatic heterocycles. The smallest absolute Gasteiger partial charge is 0.264 e. The lowest BCUT2D eigenvalue weighted by atomic mass is 10.0. The number of fused-ring (bicyclic) bond motifs is 1. The van der Waals surface area contributed by atoms with Gasteiger partial charge in [-0.15, -0.1) is 0 Å². The molecule has 0 saturated heterocycles. The molecule has 5 nitrogen and oxygen atoms in total. The van der Waals surface area contributed by atoms with Crippen molar-refractivity contribution < 1.29 is 8.42 Å². The van der Waals surface area contributed by atoms with Crippen molar-refractivity contribution in [3.8, 4) is 0 Å². The summed E-state index contributed by atoms with van der Waals surface area (Å²) in [6, 6.07) is 18.2. The molecular formula is C20H18ClN3O2S. The number of pyridine rings is 1. The minimum atomic E-state index is -3.79. The number of hydrogen-bond donors (Lipinski definition) is 1. The molecule has 27 heavy (non-hydrogen) atoms. The summed E-state index contributed by atoms with van der Waals surface area (Å²) in [4.78, 5) is 6.53. The Hall–Kier alpha value is -2.57. The molecule has 0 fully saturated rings. The van der Waals surface area contributed by atoms with Gasteiger partial charge in [0, 0.05) is 12.2 Å². The molecule has 0 radical (unpaired) electrons. The van der Waals surface area contributed by atoms with E-state index in [0.29, 0.717) is 0 Å². The van der Waals surface area contributed by atoms with Crippen LogP contribution in [0.5, 0.6) is 0 Å². The minimum Gasteiger partial charge on any atom is -0.340 e. The van der Waals surface area contributed by atoms with Crippen LogP contribution in [0, 0.1) is 0 Å². The van der Waals surface area contributed by atoms with E-state index in [0.717, 1.165) is 25.1 Å². The molecule has 1 aliphatic heterocycles. The number of hydrogen-bond acceptors (Lipinski definition) is 4. The van der Waals surface area contributed by atoms with E-state index in [-0.39, 0.29) is 15.7 Å². The van der Waals surface area contributed by atoms with Gasteiger partial charge in [0.25, 0.3) is 10.0 Å². The van der Waals surface area contributed by atoms with Gasteiger partial charge < -0.3 is 4.90 Å². The largest absolute Gasteiger partial charge is 0.340 e. The molecule has 2 heterocycles. The van der Waals surface area contributed by atoms with Gasteiger partial charge in [-0.1, -0.05) is 41.9 Å². The van der Waals surface area contributed by atoms with Crippen LogP contribution >= 0.6 is 11.6 Å². The summed E-state index contributed by atoms with van der Waals surface area (Å²) in [5, 5.41) is 0.173. The van der Waals surface area contributed by atoms with E-state index in [1.807, 2.05) is 18.2 Å². The van der Waals surface area contributed by atoms with E-state index < -0.39 is 10.0 Å². The second kappa shape index (κ2) is 7.21. The zero-order chi connectivity index (χ0) is 18.9. The maximum Gasteiger partial charge on any atom is 0.264 e. The van der Waals surface area contributed by atoms with Crippen LogP contribution in [0.25, 0.3) is 0 Å². The van der Waals surface area contributed by atoms with Crippen LogP contribution in [0.15, 0.2) is 71.8 Å². The number of halogens is 1. The monoisotopic (exact) mass is 399 g/mol. The van der Waals surface area contributed by atoms with Gasteiger partial charge in [0.15, 0.2) is 0 Å². The maximum atomic E-state index is 12.5. The van der Waals surface area contributed by atoms with Crippen molar-refractivity contribution in [2.75, 3.05) is 16.2 Å². The lowest BCUT2D eigenvalue weighted by Crippen LogP contribution is -2.24. The lowest BCUT2D eigenvalue weighted by molar-refractivity contribution is 0.601. The van der Waals surface area contributed by atoms with E-state index >= 15 is 0 Å². The molecule has 1 N–H and O–H groups in total. The van der Waals surface area contributed by atoms with Crippen molar-refractivity contribution in [1.29, 1.82) is 0 Å². The second-order valence-electron chi connectivity index (χ2n) is 6.32. The Bertz CT molecular complexity index is 1070. The normalized spacial score (nSPS) is 13.9. The first-order valence-electron chi connectivity index (χ1n) is 8.63. The first-order valence-corrected chi connectivity index (χ1v) is 10.5. The van der Waals surface area contributed by atoms with Gasteiger partial charge in [-0.2, -0.15) is 0 Å². The van der Waals surface area contributed by atoms with E-state index in [1.165, 1.54) is 17.3 Å². The van der Waals surface area contributed by atoms with Crippen molar-refractivity contribution >= 4 is 38.8 Å². The molecule has 0 atom stereocenters. The summed E-state index contributed by atoms with van der Waals surface area (Å²) in [6.45, 7) is 0.906. The van der Waals surface area contributed by atoms with Gasteiger partial charge in [-0.05, 0) is 48.7 Å². The number of aryl methyl sites for hydroxylation is 1. The van der Waals surface area contributed by atoms with Crippen LogP contribution in [-0.2, 0) is 16.4 Å². The highest BCUT2D eigenvalue weighted by molar-refractivity contribution is 7.92. The highest BCUT2D eigenvalue weighted by Gasteiger charge is 2.20. The fourth-order valence-electron chi connectivity index (χ4n) is 3.26. The summed E-state index contributed by atoms with van der Waals surface area (Å²) < 4.78 is 27.5. The van der Waals surface area contributed by atoms with Crippen LogP contribution in [-0.4, -0.2) is 19.9 Å². The molecule has 2 aromatic carbocycles. The Morgan fingerprint density at radius 3 is 2.56 bits per heavy atom. The predicted octanol–water partition coefficient (Wildman–Crippen LogP) is 4.62. The van der Waals surface area contributed by atoms with Gasteiger partial charge in [-0.3, -0.25) is 4.72 Å². The van der Waals surface area contributed by atoms with Gasteiger partial charge in [0.2, 0.25) is 0 Å². The Morgan fingerprint density at radius 2 is 1.78 bits per heavy atom. The third-order valence-electron chi connectivity index (χ3n) is 4.53. The van der Waals surface area contributed by atoms with Crippen molar-refractivity contribution in [2.45, 2.75) is 17.7 Å². The van der Waals surface area contributed by atoms with E-state index in [4.69, 9.17) is 11.6 Å². The van der Waals surface area contributed by atoms with E-state index in [2.05, 4.69) is 26.7 Å². The molecule has 0 unspecified atom stereocenters. The summed E-state index contributed by atoms with van der Waals surface area (Å²) in [5.41, 5.74) is 3.42. The number of rotatable bonds is 4. The Morgan fingerprint density at radius 1 is 1.00 bits per heavy atom. The molecule has 0 saturated carbocycles. The Labute approximate surface area is 163 Å². The summed E-state index contributed by atoms with van der Waals surface area (Å²) in [7, 11) is -3.79. The van der Waals surface area contributed by atoms with Crippen molar-refractivity contribution in [2.24, 2.45) is 0 Å². The fourth-order valence-corrected chi connectivity index (χ4v) is 4.79. The van der Waals surface area contributed by atoms with Gasteiger partial charge in [0.05, 0.1) is 16.9 Å². The van der Waals surface area contributed by atoms with Crippen molar-refractivity contribution in [3.63, 3.8) is 0 Å². The molecule has 1 aliphatic rings. The first-order chi connectivity index (χ1) is 13.0. The highest BCUT2D eigenvalue weighted by atomic mass is 35.5. The molecule has 3 aromatic rings. The molecule has 7 heteroatoms. The number of sulfonamides is 1. The molecular weight excluding hydrogens is 382 g/mol. The highest BCUT2D eigenvalue weighted by Crippen LogP contribution is 2.33. The average Bonchev–Trinajstić information content (AvgIpc) is 2.68. The number of nitrogens with one attached hydrogen (secondary N) is 1. The standard InChI is InChI=1S/C20H18ClN3O2S/c21-17-8-2-4-10-19(17)27(25,26)23-20-12-11-16(14-22-20)24-13-5-7-15-6-1-3-9-18(15)24/h1-4,6,8-12,14H,5,7,13H2,(H,22,23). The van der Waals surface area contributed by atoms with Crippen LogP contribution < -0.4 is 9.62 Å². The van der Waals surface area contributed by atoms with Gasteiger partial charge in [-0.25, -0.2) is 13.4 Å². The molecule has 138 valence electrons. The SMILES string of the molecule is O=S(=O)(Nc1ccc(N2CCCc3ccccc32)cn1)c1ccccc1Cl. The number of aromatic nitrogens is 1. The topological polar surface area (TPSA) is 62.3 Å². The quantitative estimate of drug-likeness (QED) is 0.695. The molecule has 0 spiro atoms. The summed E-state index contributed by atoms with van der Waals surface area (Å²) in [6.07, 6.45) is 3.82. The summed E-state index contributed by atoms with van der Waals surface area (Å²) in [5.74, 6) is 0.254. The molecule has 0 bridgehead atoms. The average molecular weight is 400 g/mol. The minimum absolute atomic E-state index is 0.0301. The van der Waals surface area contributed by atoms with Gasteiger partial charge >= 0.3 is 0 Å². The number of nitrogens with zero attached hydrogens (tertiary/aromatic N) is 2. The fraction of sp³-hybridized carbons (Fsp3) is 0.150. The Kier molecular flexibility index (Phi) is 4.76. The number of para-hydroxylation sites is 1. The molecule has 0 aliphatic carbocycles. The van der Waals surface area contributed by atoms with Crippen LogP contribution in [0.4, 0.5) is 17.2 Å². The van der Waals surface area contributed by atoms with E-state index in [1.54, 1.807) is 30.5 Å². The molecule has 0 amide bonds. The first kappa shape index (κ1) is 17.8. The van der Waals surface area contributed by atoms with Crippen LogP contribution in [0.3, 0.4) is 0 Å². The number of benzene rings is 2. The predicted molar refractivity (Wildman–Crippen MR) is 108 cm³/mol. The van der Waals surface area contributed by atoms with E-state index in [9.17, 15) is 8.42 Å². The lowest BCUT2D eigenvalue weighted by Gasteiger charge is -2.31. The third-order valence-corrected chi connectivity index (χ3v) is 6.39. The zero-order valence-corrected chi connectivity index (χ0v) is 16.0. The second-order valence-corrected chi connectivity index (χ2v) is 8.38. The zero-order valence-electron chi connectivity index (χ0n) is 14.5. The maximum absolute atomic E-state index is 12.5. The van der Waals surface area contributed by atoms with Crippen LogP contribution in [0.1, 0.15) is 12.0 Å². The Balaban J connectivity index is 1.58. The third kappa shape index (κ3) is 3.63. The van der Waals surface area contributed by atoms with Crippen molar-refractivity contribution in [1.82, 2.24) is 4.98 Å².